The largest absolute Gasteiger partial charge is 0.371 e. The summed E-state index contributed by atoms with van der Waals surface area (Å²) in [6, 6.07) is 0. The van der Waals surface area contributed by atoms with Gasteiger partial charge in [-0.3, -0.25) is 4.79 Å². The van der Waals surface area contributed by atoms with Crippen molar-refractivity contribution in [2.75, 3.05) is 18.9 Å². The molecule has 0 aromatic heterocycles. The number of nitrogens with one attached hydrogen (secondary N) is 1. The molecule has 214 valence electrons. The van der Waals surface area contributed by atoms with Gasteiger partial charge in [0.25, 0.3) is 0 Å². The Hall–Kier alpha value is -0.840. The first-order chi connectivity index (χ1) is 18.3. The number of carbonyl (C=O) groups is 1. The molecule has 8 atom stereocenters. The average Bonchev–Trinajstić information content (AvgIpc) is 3.23. The maximum atomic E-state index is 11.9. The summed E-state index contributed by atoms with van der Waals surface area (Å²) in [7, 11) is 0.655. The Kier molecular flexibility index (Phi) is 10.8. The summed E-state index contributed by atoms with van der Waals surface area (Å²) in [6.07, 6.45) is 28.1. The molecule has 3 fully saturated rings. The van der Waals surface area contributed by atoms with Gasteiger partial charge in [0.2, 0.25) is 0 Å². The maximum absolute atomic E-state index is 11.9. The molecule has 1 N–H and O–H groups in total. The van der Waals surface area contributed by atoms with E-state index in [1.165, 1.54) is 77.0 Å². The standard InChI is InChI=1S/C34H56NO2P/c1-6-22-38-23-18-32(36)37-35-21-17-26-15-19-34(5)28(24-26)11-13-29-30-14-12-27(10-8-7-9-25(2)3)33(30,4)20-16-31(29)34/h1,11,25-27,29-31,35,38H,7-10,12-24H2,2-5H3. The Morgan fingerprint density at radius 2 is 2.00 bits per heavy atom. The van der Waals surface area contributed by atoms with Crippen molar-refractivity contribution in [1.82, 2.24) is 5.48 Å². The predicted molar refractivity (Wildman–Crippen MR) is 162 cm³/mol. The Morgan fingerprint density at radius 3 is 2.79 bits per heavy atom. The maximum Gasteiger partial charge on any atom is 0.325 e. The van der Waals surface area contributed by atoms with E-state index in [4.69, 9.17) is 11.3 Å². The second-order valence-corrected chi connectivity index (χ2v) is 15.5. The number of hydrogen-bond donors (Lipinski definition) is 1. The third-order valence-corrected chi connectivity index (χ3v) is 12.6. The van der Waals surface area contributed by atoms with E-state index < -0.39 is 0 Å². The van der Waals surface area contributed by atoms with Gasteiger partial charge in [-0.1, -0.05) is 58.6 Å². The van der Waals surface area contributed by atoms with Gasteiger partial charge in [-0.15, -0.1) is 20.9 Å². The molecule has 4 aliphatic rings. The molecule has 8 unspecified atom stereocenters. The zero-order chi connectivity index (χ0) is 27.2. The number of rotatable bonds is 13. The van der Waals surface area contributed by atoms with Crippen LogP contribution >= 0.6 is 8.58 Å². The molecule has 3 saturated carbocycles. The van der Waals surface area contributed by atoms with Crippen molar-refractivity contribution in [2.24, 2.45) is 46.3 Å². The number of hydrogen-bond acceptors (Lipinski definition) is 3. The lowest BCUT2D eigenvalue weighted by Gasteiger charge is -2.58. The van der Waals surface area contributed by atoms with E-state index in [0.29, 0.717) is 31.7 Å². The monoisotopic (exact) mass is 541 g/mol. The topological polar surface area (TPSA) is 38.3 Å². The van der Waals surface area contributed by atoms with Crippen LogP contribution in [0.25, 0.3) is 0 Å². The molecule has 4 heteroatoms. The fraction of sp³-hybridized carbons (Fsp3) is 0.853. The lowest BCUT2D eigenvalue weighted by molar-refractivity contribution is -0.150. The van der Waals surface area contributed by atoms with E-state index in [0.717, 1.165) is 54.9 Å². The summed E-state index contributed by atoms with van der Waals surface area (Å²) >= 11 is 0. The highest BCUT2D eigenvalue weighted by Crippen LogP contribution is 2.67. The van der Waals surface area contributed by atoms with Gasteiger partial charge in [-0.05, 0) is 117 Å². The SMILES string of the molecule is C#CCPCCC(=O)ONCCC1CCC2(C)C(=CCC3C2CCC2(C)C(CCCCC(C)C)CCC32)C1. The van der Waals surface area contributed by atoms with Crippen LogP contribution in [0.4, 0.5) is 0 Å². The molecular weight excluding hydrogens is 485 g/mol. The smallest absolute Gasteiger partial charge is 0.325 e. The van der Waals surface area contributed by atoms with Gasteiger partial charge >= 0.3 is 5.97 Å². The second kappa shape index (κ2) is 13.7. The molecule has 0 saturated heterocycles. The summed E-state index contributed by atoms with van der Waals surface area (Å²) in [4.78, 5) is 17.2. The van der Waals surface area contributed by atoms with Crippen LogP contribution in [0.2, 0.25) is 0 Å². The van der Waals surface area contributed by atoms with Crippen LogP contribution in [-0.2, 0) is 9.63 Å². The number of allylic oxidation sites excluding steroid dienone is 2. The van der Waals surface area contributed by atoms with Crippen LogP contribution < -0.4 is 5.48 Å². The van der Waals surface area contributed by atoms with E-state index in [1.807, 2.05) is 0 Å². The van der Waals surface area contributed by atoms with E-state index in [9.17, 15) is 4.79 Å². The minimum absolute atomic E-state index is 0.152. The number of unbranched alkanes of at least 4 members (excludes halogenated alkanes) is 1. The molecule has 0 radical (unpaired) electrons. The highest BCUT2D eigenvalue weighted by molar-refractivity contribution is 7.38. The highest BCUT2D eigenvalue weighted by atomic mass is 31.1. The van der Waals surface area contributed by atoms with E-state index in [-0.39, 0.29) is 5.97 Å². The molecule has 0 amide bonds. The van der Waals surface area contributed by atoms with Crippen molar-refractivity contribution in [3.05, 3.63) is 11.6 Å². The van der Waals surface area contributed by atoms with Gasteiger partial charge in [0, 0.05) is 12.7 Å². The van der Waals surface area contributed by atoms with Crippen LogP contribution in [-0.4, -0.2) is 24.8 Å². The Labute approximate surface area is 236 Å². The molecule has 0 aromatic carbocycles. The fourth-order valence-corrected chi connectivity index (χ4v) is 10.0. The van der Waals surface area contributed by atoms with Gasteiger partial charge in [-0.2, -0.15) is 5.48 Å². The number of carbonyl (C=O) groups excluding carboxylic acids is 1. The van der Waals surface area contributed by atoms with Gasteiger partial charge in [-0.25, -0.2) is 0 Å². The molecular formula is C34H56NO2P. The molecule has 38 heavy (non-hydrogen) atoms. The average molecular weight is 542 g/mol. The fourth-order valence-electron chi connectivity index (χ4n) is 9.31. The van der Waals surface area contributed by atoms with Gasteiger partial charge < -0.3 is 4.84 Å². The summed E-state index contributed by atoms with van der Waals surface area (Å²) in [5.41, 5.74) is 5.75. The second-order valence-electron chi connectivity index (χ2n) is 14.2. The predicted octanol–water partition coefficient (Wildman–Crippen LogP) is 8.54. The quantitative estimate of drug-likeness (QED) is 0.0835. The Morgan fingerprint density at radius 1 is 1.16 bits per heavy atom. The Balaban J connectivity index is 1.25. The van der Waals surface area contributed by atoms with Crippen LogP contribution in [0.3, 0.4) is 0 Å². The molecule has 3 nitrogen and oxygen atoms in total. The van der Waals surface area contributed by atoms with Crippen molar-refractivity contribution in [3.63, 3.8) is 0 Å². The van der Waals surface area contributed by atoms with Crippen molar-refractivity contribution >= 4 is 14.6 Å². The third kappa shape index (κ3) is 6.89. The molecule has 0 aromatic rings. The summed E-state index contributed by atoms with van der Waals surface area (Å²) in [5, 5.41) is 0. The molecule has 0 aliphatic heterocycles. The first-order valence-electron chi connectivity index (χ1n) is 16.0. The van der Waals surface area contributed by atoms with E-state index in [1.54, 1.807) is 5.57 Å². The van der Waals surface area contributed by atoms with Crippen molar-refractivity contribution in [3.8, 4) is 12.3 Å². The summed E-state index contributed by atoms with van der Waals surface area (Å²) < 4.78 is 0. The van der Waals surface area contributed by atoms with Gasteiger partial charge in [0.05, 0.1) is 6.42 Å². The lowest BCUT2D eigenvalue weighted by atomic mass is 9.47. The van der Waals surface area contributed by atoms with Crippen LogP contribution in [0.1, 0.15) is 118 Å². The van der Waals surface area contributed by atoms with Crippen LogP contribution in [0, 0.1) is 58.7 Å². The third-order valence-electron chi connectivity index (χ3n) is 11.6. The van der Waals surface area contributed by atoms with Crippen LogP contribution in [0.5, 0.6) is 0 Å². The zero-order valence-corrected chi connectivity index (χ0v) is 26.0. The first-order valence-corrected chi connectivity index (χ1v) is 17.5. The van der Waals surface area contributed by atoms with Gasteiger partial charge in [0.15, 0.2) is 0 Å². The highest BCUT2D eigenvalue weighted by Gasteiger charge is 2.58. The van der Waals surface area contributed by atoms with E-state index >= 15 is 0 Å². The molecule has 4 rings (SSSR count). The molecule has 0 heterocycles. The van der Waals surface area contributed by atoms with Crippen LogP contribution in [0.15, 0.2) is 11.6 Å². The Bertz CT molecular complexity index is 861. The van der Waals surface area contributed by atoms with E-state index in [2.05, 4.69) is 45.2 Å². The minimum atomic E-state index is -0.152. The van der Waals surface area contributed by atoms with Gasteiger partial charge in [0.1, 0.15) is 0 Å². The molecule has 0 spiro atoms. The summed E-state index contributed by atoms with van der Waals surface area (Å²) in [5.74, 6) is 7.79. The number of terminal acetylenes is 1. The molecule has 4 aliphatic carbocycles. The zero-order valence-electron chi connectivity index (χ0n) is 25.0. The van der Waals surface area contributed by atoms with Crippen molar-refractivity contribution in [2.45, 2.75) is 118 Å². The van der Waals surface area contributed by atoms with Crippen molar-refractivity contribution < 1.29 is 9.63 Å². The number of fused-ring (bicyclic) bond motifs is 5. The minimum Gasteiger partial charge on any atom is -0.371 e. The lowest BCUT2D eigenvalue weighted by Crippen LogP contribution is -2.50. The normalized spacial score (nSPS) is 36.4. The van der Waals surface area contributed by atoms with Crippen molar-refractivity contribution in [1.29, 1.82) is 0 Å². The first kappa shape index (κ1) is 30.1. The molecule has 0 bridgehead atoms. The summed E-state index contributed by atoms with van der Waals surface area (Å²) in [6.45, 7) is 10.8. The number of hydroxylamine groups is 1.